The highest BCUT2D eigenvalue weighted by Gasteiger charge is 2.27. The SMILES string of the molecule is CCNC(CCN1CCSC(C)(C)C1)c1ccc(Br)cc1. The van der Waals surface area contributed by atoms with Crippen LogP contribution >= 0.6 is 27.7 Å². The molecule has 1 unspecified atom stereocenters. The van der Waals surface area contributed by atoms with Gasteiger partial charge in [0.25, 0.3) is 0 Å². The van der Waals surface area contributed by atoms with Gasteiger partial charge in [-0.3, -0.25) is 0 Å². The minimum absolute atomic E-state index is 0.406. The zero-order chi connectivity index (χ0) is 15.3. The fourth-order valence-corrected chi connectivity index (χ4v) is 4.39. The van der Waals surface area contributed by atoms with Crippen LogP contribution in [0.1, 0.15) is 38.8 Å². The van der Waals surface area contributed by atoms with Gasteiger partial charge in [-0.2, -0.15) is 11.8 Å². The van der Waals surface area contributed by atoms with E-state index >= 15 is 0 Å². The van der Waals surface area contributed by atoms with E-state index in [2.05, 4.69) is 82.9 Å². The molecule has 0 bridgehead atoms. The Morgan fingerprint density at radius 3 is 2.67 bits per heavy atom. The smallest absolute Gasteiger partial charge is 0.0332 e. The minimum atomic E-state index is 0.406. The van der Waals surface area contributed by atoms with Crippen LogP contribution in [0.5, 0.6) is 0 Å². The average Bonchev–Trinajstić information content (AvgIpc) is 2.43. The van der Waals surface area contributed by atoms with Gasteiger partial charge in [-0.05, 0) is 44.5 Å². The van der Waals surface area contributed by atoms with Gasteiger partial charge in [0.15, 0.2) is 0 Å². The third-order valence-electron chi connectivity index (χ3n) is 3.96. The summed E-state index contributed by atoms with van der Waals surface area (Å²) in [4.78, 5) is 2.62. The molecule has 4 heteroatoms. The van der Waals surface area contributed by atoms with Crippen molar-refractivity contribution >= 4 is 27.7 Å². The first-order chi connectivity index (χ1) is 10.00. The van der Waals surface area contributed by atoms with Gasteiger partial charge in [0.05, 0.1) is 0 Å². The van der Waals surface area contributed by atoms with E-state index in [9.17, 15) is 0 Å². The molecule has 1 aliphatic rings. The van der Waals surface area contributed by atoms with E-state index in [0.717, 1.165) is 11.0 Å². The number of nitrogens with zero attached hydrogens (tertiary/aromatic N) is 1. The highest BCUT2D eigenvalue weighted by atomic mass is 79.9. The monoisotopic (exact) mass is 370 g/mol. The van der Waals surface area contributed by atoms with Gasteiger partial charge in [-0.25, -0.2) is 0 Å². The summed E-state index contributed by atoms with van der Waals surface area (Å²) in [7, 11) is 0. The summed E-state index contributed by atoms with van der Waals surface area (Å²) in [6.45, 7) is 11.5. The molecule has 21 heavy (non-hydrogen) atoms. The predicted molar refractivity (Wildman–Crippen MR) is 98.2 cm³/mol. The third kappa shape index (κ3) is 5.59. The summed E-state index contributed by atoms with van der Waals surface area (Å²) in [5.41, 5.74) is 1.39. The van der Waals surface area contributed by atoms with Crippen LogP contribution in [-0.2, 0) is 0 Å². The molecule has 2 nitrogen and oxygen atoms in total. The lowest BCUT2D eigenvalue weighted by molar-refractivity contribution is 0.245. The van der Waals surface area contributed by atoms with E-state index in [1.54, 1.807) is 0 Å². The molecule has 0 amide bonds. The summed E-state index contributed by atoms with van der Waals surface area (Å²) in [6.07, 6.45) is 1.18. The highest BCUT2D eigenvalue weighted by Crippen LogP contribution is 2.30. The molecular formula is C17H27BrN2S. The standard InChI is InChI=1S/C17H27BrN2S/c1-4-19-16(14-5-7-15(18)8-6-14)9-10-20-11-12-21-17(2,3)13-20/h5-8,16,19H,4,9-13H2,1-3H3. The topological polar surface area (TPSA) is 15.3 Å². The number of nitrogens with one attached hydrogen (secondary N) is 1. The molecule has 1 aromatic rings. The van der Waals surface area contributed by atoms with Crippen molar-refractivity contribution in [1.29, 1.82) is 0 Å². The Balaban J connectivity index is 1.92. The molecule has 0 radical (unpaired) electrons. The second-order valence-corrected chi connectivity index (χ2v) is 9.05. The van der Waals surface area contributed by atoms with Crippen molar-refractivity contribution in [3.63, 3.8) is 0 Å². The van der Waals surface area contributed by atoms with Crippen LogP contribution in [0.3, 0.4) is 0 Å². The Morgan fingerprint density at radius 1 is 1.33 bits per heavy atom. The second-order valence-electron chi connectivity index (χ2n) is 6.33. The number of benzene rings is 1. The summed E-state index contributed by atoms with van der Waals surface area (Å²) in [5.74, 6) is 1.26. The van der Waals surface area contributed by atoms with Crippen molar-refractivity contribution in [1.82, 2.24) is 10.2 Å². The maximum Gasteiger partial charge on any atom is 0.0332 e. The molecule has 2 rings (SSSR count). The molecule has 1 aromatic carbocycles. The van der Waals surface area contributed by atoms with Crippen molar-refractivity contribution < 1.29 is 0 Å². The van der Waals surface area contributed by atoms with E-state index in [4.69, 9.17) is 0 Å². The van der Waals surface area contributed by atoms with Gasteiger partial charge < -0.3 is 10.2 Å². The number of hydrogen-bond acceptors (Lipinski definition) is 3. The number of hydrogen-bond donors (Lipinski definition) is 1. The van der Waals surface area contributed by atoms with Gasteiger partial charge in [-0.1, -0.05) is 35.0 Å². The van der Waals surface area contributed by atoms with Crippen LogP contribution in [0.2, 0.25) is 0 Å². The Morgan fingerprint density at radius 2 is 2.05 bits per heavy atom. The fraction of sp³-hybridized carbons (Fsp3) is 0.647. The Bertz CT molecular complexity index is 433. The Labute approximate surface area is 142 Å². The lowest BCUT2D eigenvalue weighted by Gasteiger charge is -2.38. The van der Waals surface area contributed by atoms with Crippen molar-refractivity contribution in [2.75, 3.05) is 31.9 Å². The van der Waals surface area contributed by atoms with Gasteiger partial charge in [-0.15, -0.1) is 0 Å². The maximum atomic E-state index is 3.63. The van der Waals surface area contributed by atoms with Crippen molar-refractivity contribution in [3.8, 4) is 0 Å². The van der Waals surface area contributed by atoms with E-state index in [0.29, 0.717) is 10.8 Å². The van der Waals surface area contributed by atoms with Crippen LogP contribution in [0.15, 0.2) is 28.7 Å². The summed E-state index contributed by atoms with van der Waals surface area (Å²) in [6, 6.07) is 9.20. The molecule has 0 spiro atoms. The molecule has 1 fully saturated rings. The van der Waals surface area contributed by atoms with Crippen LogP contribution in [0, 0.1) is 0 Å². The average molecular weight is 371 g/mol. The van der Waals surface area contributed by atoms with E-state index in [1.807, 2.05) is 0 Å². The molecule has 0 aromatic heterocycles. The first kappa shape index (κ1) is 17.3. The van der Waals surface area contributed by atoms with Gasteiger partial charge >= 0.3 is 0 Å². The molecule has 1 atom stereocenters. The van der Waals surface area contributed by atoms with Crippen LogP contribution in [-0.4, -0.2) is 41.6 Å². The van der Waals surface area contributed by atoms with Gasteiger partial charge in [0.2, 0.25) is 0 Å². The van der Waals surface area contributed by atoms with Crippen molar-refractivity contribution in [3.05, 3.63) is 34.3 Å². The largest absolute Gasteiger partial charge is 0.310 e. The van der Waals surface area contributed by atoms with Crippen molar-refractivity contribution in [2.24, 2.45) is 0 Å². The van der Waals surface area contributed by atoms with E-state index in [1.165, 1.54) is 37.4 Å². The summed E-state index contributed by atoms with van der Waals surface area (Å²) in [5, 5.41) is 3.63. The van der Waals surface area contributed by atoms with Gasteiger partial charge in [0.1, 0.15) is 0 Å². The highest BCUT2D eigenvalue weighted by molar-refractivity contribution is 9.10. The molecule has 1 heterocycles. The zero-order valence-electron chi connectivity index (χ0n) is 13.4. The lowest BCUT2D eigenvalue weighted by Crippen LogP contribution is -2.44. The quantitative estimate of drug-likeness (QED) is 0.802. The van der Waals surface area contributed by atoms with E-state index in [-0.39, 0.29) is 0 Å². The Kier molecular flexibility index (Phi) is 6.60. The number of rotatable bonds is 6. The zero-order valence-corrected chi connectivity index (χ0v) is 15.8. The number of halogens is 1. The third-order valence-corrected chi connectivity index (χ3v) is 5.79. The van der Waals surface area contributed by atoms with Crippen LogP contribution in [0.4, 0.5) is 0 Å². The van der Waals surface area contributed by atoms with Gasteiger partial charge in [0, 0.05) is 40.6 Å². The second kappa shape index (κ2) is 8.00. The summed E-state index contributed by atoms with van der Waals surface area (Å²) >= 11 is 5.62. The molecule has 0 saturated carbocycles. The molecule has 0 aliphatic carbocycles. The maximum absolute atomic E-state index is 3.63. The minimum Gasteiger partial charge on any atom is -0.310 e. The van der Waals surface area contributed by atoms with Crippen LogP contribution in [0.25, 0.3) is 0 Å². The molecule has 1 saturated heterocycles. The lowest BCUT2D eigenvalue weighted by atomic mass is 10.0. The number of thioether (sulfide) groups is 1. The Hall–Kier alpha value is -0.0300. The summed E-state index contributed by atoms with van der Waals surface area (Å²) < 4.78 is 1.56. The molecular weight excluding hydrogens is 344 g/mol. The fourth-order valence-electron chi connectivity index (χ4n) is 2.94. The first-order valence-corrected chi connectivity index (χ1v) is 9.63. The molecule has 118 valence electrons. The van der Waals surface area contributed by atoms with Crippen molar-refractivity contribution in [2.45, 2.75) is 38.0 Å². The van der Waals surface area contributed by atoms with E-state index < -0.39 is 0 Å². The first-order valence-electron chi connectivity index (χ1n) is 7.85. The predicted octanol–water partition coefficient (Wildman–Crippen LogP) is 4.32. The molecule has 1 aliphatic heterocycles. The molecule has 1 N–H and O–H groups in total. The normalized spacial score (nSPS) is 20.4. The van der Waals surface area contributed by atoms with Crippen LogP contribution < -0.4 is 5.32 Å².